The van der Waals surface area contributed by atoms with E-state index in [1.54, 1.807) is 50.6 Å². The molecule has 2 aliphatic heterocycles. The summed E-state index contributed by atoms with van der Waals surface area (Å²) in [5.74, 6) is 8.84. The number of alkyl halides is 2. The number of phenols is 2. The Morgan fingerprint density at radius 2 is 0.830 bits per heavy atom. The molecule has 0 radical (unpaired) electrons. The Kier molecular flexibility index (Phi) is 41.3. The summed E-state index contributed by atoms with van der Waals surface area (Å²) in [4.78, 5) is 54.5. The summed E-state index contributed by atoms with van der Waals surface area (Å²) < 4.78 is 75.7. The quantitative estimate of drug-likeness (QED) is 0.00695. The highest BCUT2D eigenvalue weighted by Crippen LogP contribution is 2.48. The number of nitrogens with two attached hydrogens (primary N) is 2. The van der Waals surface area contributed by atoms with Gasteiger partial charge in [0.2, 0.25) is 30.8 Å². The third kappa shape index (κ3) is 28.9. The van der Waals surface area contributed by atoms with Crippen molar-refractivity contribution in [2.75, 3.05) is 161 Å². The summed E-state index contributed by atoms with van der Waals surface area (Å²) in [6, 6.07) is 38.0. The molecule has 2 aromatic heterocycles. The molecular weight excluding hydrogens is 1780 g/mol. The Hall–Kier alpha value is -9.55. The lowest BCUT2D eigenvalue weighted by Gasteiger charge is -2.12. The van der Waals surface area contributed by atoms with E-state index in [0.29, 0.717) is 113 Å². The number of hydrogen-bond donors (Lipinski definition) is 6. The smallest absolute Gasteiger partial charge is 0.369 e. The largest absolute Gasteiger partial charge is 0.504 e. The maximum absolute atomic E-state index is 10.7. The van der Waals surface area contributed by atoms with Gasteiger partial charge in [0.25, 0.3) is 0 Å². The summed E-state index contributed by atoms with van der Waals surface area (Å²) in [6.45, 7) is 5.29. The third-order valence-electron chi connectivity index (χ3n) is 15.6. The van der Waals surface area contributed by atoms with Gasteiger partial charge < -0.3 is 113 Å². The molecule has 12 rings (SSSR count). The number of nitrogen functional groups attached to an aromatic ring is 2. The van der Waals surface area contributed by atoms with Gasteiger partial charge in [0, 0.05) is 37.8 Å². The number of aromatic amines is 2. The lowest BCUT2D eigenvalue weighted by Crippen LogP contribution is -2.15. The van der Waals surface area contributed by atoms with Crippen LogP contribution >= 0.6 is 79.1 Å². The first-order chi connectivity index (χ1) is 53.9. The number of para-hydroxylation sites is 2. The summed E-state index contributed by atoms with van der Waals surface area (Å²) in [7, 11) is 23.0. The number of nitrogens with zero attached hydrogens (tertiary/aromatic N) is 5. The van der Waals surface area contributed by atoms with E-state index in [0.717, 1.165) is 111 Å². The Balaban J connectivity index is 0.000000261. The van der Waals surface area contributed by atoms with Crippen LogP contribution in [0.3, 0.4) is 0 Å². The highest BCUT2D eigenvalue weighted by molar-refractivity contribution is 9.69. The van der Waals surface area contributed by atoms with Crippen molar-refractivity contribution in [1.82, 2.24) is 34.6 Å². The predicted octanol–water partition coefficient (Wildman–Crippen LogP) is 15.6. The number of methoxy groups -OCH3 is 7. The Morgan fingerprint density at radius 3 is 1.24 bits per heavy atom. The van der Waals surface area contributed by atoms with Crippen molar-refractivity contribution in [2.24, 2.45) is 0 Å². The number of imidazole rings is 2. The van der Waals surface area contributed by atoms with Crippen LogP contribution in [0.2, 0.25) is 0 Å². The molecule has 8 aromatic carbocycles. The van der Waals surface area contributed by atoms with Crippen molar-refractivity contribution in [3.05, 3.63) is 144 Å². The van der Waals surface area contributed by atoms with Gasteiger partial charge in [-0.15, -0.1) is 47.3 Å². The molecule has 0 spiro atoms. The number of ether oxygens (including phenoxy) is 14. The molecule has 0 aliphatic carbocycles. The van der Waals surface area contributed by atoms with E-state index < -0.39 is 11.5 Å². The molecular formula is C78H95BBr5N9O19. The minimum Gasteiger partial charge on any atom is -0.504 e. The van der Waals surface area contributed by atoms with Crippen molar-refractivity contribution in [1.29, 1.82) is 0 Å². The van der Waals surface area contributed by atoms with Gasteiger partial charge in [-0.3, -0.25) is 14.4 Å². The first-order valence-electron chi connectivity index (χ1n) is 34.2. The minimum atomic E-state index is -0.454. The minimum absolute atomic E-state index is 0.0355. The topological polar surface area (TPSA) is 340 Å². The van der Waals surface area contributed by atoms with Gasteiger partial charge in [-0.1, -0.05) is 44.0 Å². The lowest BCUT2D eigenvalue weighted by molar-refractivity contribution is 0.111. The number of carbonyl (C=O) groups excluding carboxylic acids is 3. The number of aromatic hydroxyl groups is 2. The summed E-state index contributed by atoms with van der Waals surface area (Å²) in [6.07, 6.45) is 4.82. The number of phenolic OH excluding ortho intramolecular Hbond substituents is 2. The number of carbonyl (C=O) groups is 3. The van der Waals surface area contributed by atoms with Crippen LogP contribution in [0.15, 0.2) is 127 Å². The van der Waals surface area contributed by atoms with Crippen molar-refractivity contribution in [3.8, 4) is 115 Å². The summed E-state index contributed by atoms with van der Waals surface area (Å²) >= 11 is 15.4. The number of hydrogen-bond acceptors (Lipinski definition) is 26. The highest BCUT2D eigenvalue weighted by atomic mass is 79.9. The van der Waals surface area contributed by atoms with Gasteiger partial charge in [-0.05, 0) is 159 Å². The molecule has 604 valence electrons. The fourth-order valence-corrected chi connectivity index (χ4v) is 10.2. The number of H-pyrrole nitrogens is 2. The van der Waals surface area contributed by atoms with Gasteiger partial charge in [0.15, 0.2) is 76.4 Å². The van der Waals surface area contributed by atoms with Crippen molar-refractivity contribution >= 4 is 135 Å². The summed E-state index contributed by atoms with van der Waals surface area (Å²) in [5, 5.41) is 18.3. The van der Waals surface area contributed by atoms with E-state index >= 15 is 0 Å². The summed E-state index contributed by atoms with van der Waals surface area (Å²) in [5.41, 5.74) is 18.5. The van der Waals surface area contributed by atoms with E-state index in [4.69, 9.17) is 92.9 Å². The van der Waals surface area contributed by atoms with Crippen LogP contribution in [0.4, 0.5) is 11.4 Å². The van der Waals surface area contributed by atoms with Crippen molar-refractivity contribution in [2.45, 2.75) is 19.3 Å². The molecule has 34 heteroatoms. The van der Waals surface area contributed by atoms with Crippen LogP contribution in [-0.4, -0.2) is 216 Å². The van der Waals surface area contributed by atoms with E-state index in [1.807, 2.05) is 93.0 Å². The van der Waals surface area contributed by atoms with Crippen LogP contribution in [0.5, 0.6) is 92.0 Å². The number of halogens is 5. The van der Waals surface area contributed by atoms with Crippen LogP contribution in [0, 0.1) is 0 Å². The number of rotatable bonds is 27. The molecule has 0 fully saturated rings. The zero-order valence-electron chi connectivity index (χ0n) is 64.5. The molecule has 0 saturated carbocycles. The molecule has 0 bridgehead atoms. The van der Waals surface area contributed by atoms with Crippen LogP contribution < -0.4 is 77.8 Å². The Labute approximate surface area is 694 Å². The van der Waals surface area contributed by atoms with Crippen LogP contribution in [0.25, 0.3) is 44.8 Å². The fraction of sp³-hybridized carbons (Fsp3) is 0.321. The van der Waals surface area contributed by atoms with Crippen LogP contribution in [0.1, 0.15) is 50.3 Å². The first-order valence-corrected chi connectivity index (χ1v) is 39.2. The zero-order valence-corrected chi connectivity index (χ0v) is 72.5. The van der Waals surface area contributed by atoms with Gasteiger partial charge in [-0.25, -0.2) is 9.97 Å². The second kappa shape index (κ2) is 49.7. The third-order valence-corrected chi connectivity index (χ3v) is 15.6. The highest BCUT2D eigenvalue weighted by Gasteiger charge is 2.27. The Bertz CT molecular complexity index is 4410. The van der Waals surface area contributed by atoms with Gasteiger partial charge in [0.05, 0.1) is 135 Å². The normalized spacial score (nSPS) is 10.9. The van der Waals surface area contributed by atoms with E-state index in [1.165, 1.54) is 47.7 Å². The molecule has 0 amide bonds. The van der Waals surface area contributed by atoms with Gasteiger partial charge >= 0.3 is 3.18 Å². The molecule has 0 atom stereocenters. The van der Waals surface area contributed by atoms with Crippen molar-refractivity contribution < 1.29 is 90.9 Å². The first kappa shape index (κ1) is 93.1. The molecule has 0 saturated heterocycles. The van der Waals surface area contributed by atoms with Crippen molar-refractivity contribution in [3.63, 3.8) is 0 Å². The second-order valence-corrected chi connectivity index (χ2v) is 33.1. The fourth-order valence-electron chi connectivity index (χ4n) is 10.2. The van der Waals surface area contributed by atoms with E-state index in [2.05, 4.69) is 132 Å². The molecule has 4 heterocycles. The van der Waals surface area contributed by atoms with E-state index in [-0.39, 0.29) is 28.1 Å². The molecule has 10 aromatic rings. The number of aromatic nitrogens is 4. The number of anilines is 2. The monoisotopic (exact) mass is 1870 g/mol. The van der Waals surface area contributed by atoms with E-state index in [9.17, 15) is 19.5 Å². The Morgan fingerprint density at radius 1 is 0.446 bits per heavy atom. The molecule has 112 heavy (non-hydrogen) atoms. The lowest BCUT2D eigenvalue weighted by atomic mass is 10.1. The molecule has 28 nitrogen and oxygen atoms in total. The molecule has 2 aliphatic rings. The van der Waals surface area contributed by atoms with Gasteiger partial charge in [0.1, 0.15) is 28.9 Å². The zero-order chi connectivity index (χ0) is 82.2. The number of aldehydes is 3. The number of nitrogens with one attached hydrogen (secondary N) is 2. The average molecular weight is 1870 g/mol. The van der Waals surface area contributed by atoms with Gasteiger partial charge in [-0.2, -0.15) is 0 Å². The SMILES string of the molecule is BrB(Br)Br.BrCBr.CN(C)CCCOc1ccc(N)c(N)c1.CN(C)CCCOc1ccc2nc(-c3ccc(-c4nc5ccc(OCCCN(C)C)cc5[nH]4)c4c3OCO4)[nH]c2c1.COc1ccc(C=O)c(O)c1O.COc1ccc(C=O)c(OC)c1OC.COc1ccc(C=O)c2c1OCO2.COc1ccccc1OC. The number of benzene rings is 8. The van der Waals surface area contributed by atoms with Crippen LogP contribution in [-0.2, 0) is 0 Å². The standard InChI is InChI=1S/C31H36N6O4.C11H19N3O.C10H12O4.C9H8O4.C8H8O4.C8H10O2.CH2Br2.BBr3/c1-36(2)13-5-15-38-20-7-11-24-26(17-20)34-30(32-24)22-9-10-23(29-28(22)40-19-41-29)31-33-25-12-8-21(18-27(25)35-31)39-16-6-14-37(3)4;1-14(2)6-3-7-15-9-4-5-10(12)11(13)8-9;1-12-8-5-4-7(6-11)9(13-2)10(8)14-3;1-11-7-3-2-6(4-10)8-9(7)13-5-12-8;1-12-6-3-2-5(4-9)7(10)8(6)11;1-9-7-5-3-4-6-8(7)10-2;2-1-3;2-1(3)4/h7-12,17-18H,5-6,13-16,19H2,1-4H3,(H,32,34)(H,33,35);4-5,8H,3,6-7,12-13H2,1-2H3;4-6H,1-3H3;2-4H,5H2,1H3;2-4,10-11H,1H3;3-6H,1-2H3;1H2;. The predicted molar refractivity (Wildman–Crippen MR) is 457 cm³/mol. The molecule has 8 N–H and O–H groups in total. The maximum Gasteiger partial charge on any atom is 0.369 e. The second-order valence-electron chi connectivity index (χ2n) is 24.0. The maximum atomic E-state index is 10.7. The molecule has 0 unspecified atom stereocenters. The average Bonchev–Trinajstić information content (AvgIpc) is 1.60. The number of fused-ring (bicyclic) bond motifs is 4.